The number of anilines is 3. The van der Waals surface area contributed by atoms with E-state index >= 15 is 0 Å². The summed E-state index contributed by atoms with van der Waals surface area (Å²) in [5.41, 5.74) is 3.78. The maximum absolute atomic E-state index is 13.6. The van der Waals surface area contributed by atoms with E-state index in [2.05, 4.69) is 62.8 Å². The summed E-state index contributed by atoms with van der Waals surface area (Å²) in [6.45, 7) is 4.65. The van der Waals surface area contributed by atoms with Gasteiger partial charge in [0.05, 0.1) is 5.56 Å². The highest BCUT2D eigenvalue weighted by molar-refractivity contribution is 5.92. The largest absolute Gasteiger partial charge is 0.369 e. The molecule has 2 aromatic carbocycles. The van der Waals surface area contributed by atoms with Gasteiger partial charge >= 0.3 is 6.03 Å². The average Bonchev–Trinajstić information content (AvgIpc) is 2.99. The quantitative estimate of drug-likeness (QED) is 0.461. The predicted molar refractivity (Wildman–Crippen MR) is 156 cm³/mol. The summed E-state index contributed by atoms with van der Waals surface area (Å²) in [6.07, 6.45) is 5.26. The van der Waals surface area contributed by atoms with Crippen LogP contribution in [-0.4, -0.2) is 61.2 Å². The molecule has 1 aromatic heterocycles. The van der Waals surface area contributed by atoms with Crippen LogP contribution in [0.3, 0.4) is 0 Å². The van der Waals surface area contributed by atoms with Gasteiger partial charge in [-0.1, -0.05) is 30.3 Å². The number of carbonyl (C=O) groups excluding carboxylic acids is 1. The van der Waals surface area contributed by atoms with Crippen molar-refractivity contribution in [1.29, 1.82) is 5.26 Å². The van der Waals surface area contributed by atoms with Gasteiger partial charge in [-0.3, -0.25) is 4.90 Å². The molecule has 2 aliphatic rings. The number of nitriles is 1. The van der Waals surface area contributed by atoms with E-state index in [1.54, 1.807) is 12.3 Å². The highest BCUT2D eigenvalue weighted by Gasteiger charge is 2.30. The number of rotatable bonds is 7. The number of likely N-dealkylation sites (N-methyl/N-ethyl adjacent to an activating group) is 1. The Morgan fingerprint density at radius 3 is 2.33 bits per heavy atom. The Morgan fingerprint density at radius 1 is 0.974 bits per heavy atom. The van der Waals surface area contributed by atoms with Crippen LogP contribution in [-0.2, 0) is 6.54 Å². The number of urea groups is 1. The summed E-state index contributed by atoms with van der Waals surface area (Å²) in [4.78, 5) is 24.7. The normalized spacial score (nSPS) is 19.6. The number of carbonyl (C=O) groups is 1. The van der Waals surface area contributed by atoms with Crippen molar-refractivity contribution in [3.63, 3.8) is 0 Å². The number of hydrogen-bond donors (Lipinski definition) is 2. The Hall–Kier alpha value is -4.09. The minimum Gasteiger partial charge on any atom is -0.369 e. The van der Waals surface area contributed by atoms with Crippen LogP contribution in [0.5, 0.6) is 0 Å². The zero-order valence-electron chi connectivity index (χ0n) is 22.6. The smallest absolute Gasteiger partial charge is 0.322 e. The van der Waals surface area contributed by atoms with E-state index < -0.39 is 0 Å². The molecule has 0 unspecified atom stereocenters. The van der Waals surface area contributed by atoms with Crippen LogP contribution >= 0.6 is 0 Å². The zero-order chi connectivity index (χ0) is 27.0. The molecule has 0 spiro atoms. The number of hydrogen-bond acceptors (Lipinski definition) is 6. The molecule has 2 heterocycles. The van der Waals surface area contributed by atoms with E-state index in [1.807, 2.05) is 41.3 Å². The van der Waals surface area contributed by atoms with Gasteiger partial charge in [0.2, 0.25) is 0 Å². The Kier molecular flexibility index (Phi) is 8.59. The van der Waals surface area contributed by atoms with Crippen LogP contribution in [0.1, 0.15) is 36.8 Å². The summed E-state index contributed by atoms with van der Waals surface area (Å²) >= 11 is 0. The third-order valence-corrected chi connectivity index (χ3v) is 7.81. The second-order valence-corrected chi connectivity index (χ2v) is 10.5. The summed E-state index contributed by atoms with van der Waals surface area (Å²) in [7, 11) is 2.16. The number of nitrogens with one attached hydrogen (secondary N) is 2. The van der Waals surface area contributed by atoms with Gasteiger partial charge in [-0.25, -0.2) is 9.78 Å². The highest BCUT2D eigenvalue weighted by atomic mass is 16.2. The van der Waals surface area contributed by atoms with Crippen LogP contribution < -0.4 is 20.4 Å². The Morgan fingerprint density at radius 2 is 1.69 bits per heavy atom. The second-order valence-electron chi connectivity index (χ2n) is 10.5. The van der Waals surface area contributed by atoms with Crippen molar-refractivity contribution < 1.29 is 4.79 Å². The van der Waals surface area contributed by atoms with Crippen molar-refractivity contribution in [2.45, 2.75) is 44.3 Å². The molecule has 2 amide bonds. The monoisotopic (exact) mass is 523 g/mol. The lowest BCUT2D eigenvalue weighted by molar-refractivity contribution is 0.240. The lowest BCUT2D eigenvalue weighted by Crippen LogP contribution is -2.48. The molecule has 8 heteroatoms. The summed E-state index contributed by atoms with van der Waals surface area (Å²) in [5.74, 6) is 0.786. The van der Waals surface area contributed by atoms with Gasteiger partial charge in [0.25, 0.3) is 0 Å². The molecule has 3 aromatic rings. The molecular formula is C31H37N7O. The van der Waals surface area contributed by atoms with Gasteiger partial charge in [0, 0.05) is 62.4 Å². The zero-order valence-corrected chi connectivity index (χ0v) is 22.6. The molecule has 1 saturated heterocycles. The number of pyridine rings is 1. The van der Waals surface area contributed by atoms with E-state index in [0.29, 0.717) is 12.1 Å². The lowest BCUT2D eigenvalue weighted by atomic mass is 9.90. The molecular weight excluding hydrogens is 486 g/mol. The lowest BCUT2D eigenvalue weighted by Gasteiger charge is -2.38. The number of piperazine rings is 1. The van der Waals surface area contributed by atoms with Gasteiger partial charge in [-0.05, 0) is 74.7 Å². The highest BCUT2D eigenvalue weighted by Crippen LogP contribution is 2.31. The molecule has 1 aliphatic carbocycles. The molecule has 39 heavy (non-hydrogen) atoms. The second kappa shape index (κ2) is 12.6. The van der Waals surface area contributed by atoms with Crippen molar-refractivity contribution in [3.8, 4) is 6.07 Å². The molecule has 0 atom stereocenters. The molecule has 202 valence electrons. The van der Waals surface area contributed by atoms with Gasteiger partial charge in [0.15, 0.2) is 0 Å². The van der Waals surface area contributed by atoms with Crippen LogP contribution in [0.2, 0.25) is 0 Å². The minimum atomic E-state index is -0.0589. The maximum atomic E-state index is 13.6. The maximum Gasteiger partial charge on any atom is 0.322 e. The first-order valence-corrected chi connectivity index (χ1v) is 13.9. The fourth-order valence-corrected chi connectivity index (χ4v) is 5.47. The minimum absolute atomic E-state index is 0.0589. The van der Waals surface area contributed by atoms with Crippen molar-refractivity contribution in [2.24, 2.45) is 0 Å². The topological polar surface area (TPSA) is 87.5 Å². The predicted octanol–water partition coefficient (Wildman–Crippen LogP) is 4.84. The van der Waals surface area contributed by atoms with Gasteiger partial charge < -0.3 is 20.4 Å². The molecule has 0 bridgehead atoms. The van der Waals surface area contributed by atoms with Gasteiger partial charge in [-0.2, -0.15) is 5.26 Å². The Labute approximate surface area is 231 Å². The first-order valence-electron chi connectivity index (χ1n) is 13.9. The van der Waals surface area contributed by atoms with Gasteiger partial charge in [0.1, 0.15) is 11.9 Å². The SMILES string of the molecule is CN1CCN(c2ccc(N(C(=O)NCc3ccccc3)C3CCC(Nc4ccc(C#N)cn4)CC3)cc2)CC1. The molecule has 2 fully saturated rings. The average molecular weight is 524 g/mol. The van der Waals surface area contributed by atoms with Crippen molar-refractivity contribution >= 4 is 23.2 Å². The molecule has 1 aliphatic heterocycles. The number of amides is 2. The van der Waals surface area contributed by atoms with Gasteiger partial charge in [-0.15, -0.1) is 0 Å². The standard InChI is InChI=1S/C31H37N7O/c1-36-17-19-37(20-18-36)27-12-14-29(15-13-27)38(31(39)34-22-24-5-3-2-4-6-24)28-10-8-26(9-11-28)35-30-16-7-25(21-32)23-33-30/h2-7,12-16,23,26,28H,8-11,17-20,22H2,1H3,(H,33,35)(H,34,39). The number of nitrogens with zero attached hydrogens (tertiary/aromatic N) is 5. The summed E-state index contributed by atoms with van der Waals surface area (Å²) in [5, 5.41) is 15.7. The van der Waals surface area contributed by atoms with Crippen molar-refractivity contribution in [1.82, 2.24) is 15.2 Å². The Bertz CT molecular complexity index is 1240. The third kappa shape index (κ3) is 6.87. The first kappa shape index (κ1) is 26.5. The molecule has 8 nitrogen and oxygen atoms in total. The van der Waals surface area contributed by atoms with E-state index in [0.717, 1.165) is 68.9 Å². The van der Waals surface area contributed by atoms with Crippen LogP contribution in [0, 0.1) is 11.3 Å². The third-order valence-electron chi connectivity index (χ3n) is 7.81. The van der Waals surface area contributed by atoms with Crippen LogP contribution in [0.15, 0.2) is 72.9 Å². The summed E-state index contributed by atoms with van der Waals surface area (Å²) < 4.78 is 0. The molecule has 5 rings (SSSR count). The van der Waals surface area contributed by atoms with Crippen molar-refractivity contribution in [3.05, 3.63) is 84.1 Å². The molecule has 2 N–H and O–H groups in total. The Balaban J connectivity index is 1.27. The number of benzene rings is 2. The van der Waals surface area contributed by atoms with E-state index in [-0.39, 0.29) is 18.1 Å². The van der Waals surface area contributed by atoms with E-state index in [4.69, 9.17) is 5.26 Å². The van der Waals surface area contributed by atoms with E-state index in [9.17, 15) is 4.79 Å². The van der Waals surface area contributed by atoms with Crippen LogP contribution in [0.4, 0.5) is 22.0 Å². The molecule has 0 radical (unpaired) electrons. The molecule has 1 saturated carbocycles. The summed E-state index contributed by atoms with van der Waals surface area (Å²) in [6, 6.07) is 24.6. The van der Waals surface area contributed by atoms with Crippen LogP contribution in [0.25, 0.3) is 0 Å². The number of aromatic nitrogens is 1. The van der Waals surface area contributed by atoms with E-state index in [1.165, 1.54) is 5.69 Å². The fourth-order valence-electron chi connectivity index (χ4n) is 5.47. The van der Waals surface area contributed by atoms with Crippen molar-refractivity contribution in [2.75, 3.05) is 48.3 Å². The fraction of sp³-hybridized carbons (Fsp3) is 0.387. The first-order chi connectivity index (χ1) is 19.1.